The maximum absolute atomic E-state index is 11.2. The topological polar surface area (TPSA) is 75.1 Å². The average Bonchev–Trinajstić information content (AvgIpc) is 2.83. The zero-order valence-electron chi connectivity index (χ0n) is 8.91. The molecule has 0 spiro atoms. The molecule has 1 atom stereocenters. The molecule has 0 amide bonds. The lowest BCUT2D eigenvalue weighted by Gasteiger charge is -2.13. The number of carboxylic acid groups (broad SMARTS) is 1. The predicted octanol–water partition coefficient (Wildman–Crippen LogP) is 1.45. The largest absolute Gasteiger partial charge is 0.480 e. The predicted molar refractivity (Wildman–Crippen MR) is 63.6 cm³/mol. The number of carboxylic acids is 1. The minimum atomic E-state index is -0.903. The van der Waals surface area contributed by atoms with Crippen LogP contribution < -0.4 is 5.32 Å². The molecular weight excluding hydrogens is 238 g/mol. The van der Waals surface area contributed by atoms with E-state index < -0.39 is 12.0 Å². The summed E-state index contributed by atoms with van der Waals surface area (Å²) in [6.45, 7) is 0.391. The van der Waals surface area contributed by atoms with E-state index in [2.05, 4.69) is 14.9 Å². The van der Waals surface area contributed by atoms with Crippen molar-refractivity contribution >= 4 is 17.5 Å². The third-order valence-electron chi connectivity index (χ3n) is 2.27. The maximum Gasteiger partial charge on any atom is 0.325 e. The Hall–Kier alpha value is -1.79. The second-order valence-electron chi connectivity index (χ2n) is 3.46. The van der Waals surface area contributed by atoms with Gasteiger partial charge in [-0.1, -0.05) is 34.8 Å². The van der Waals surface area contributed by atoms with Crippen molar-refractivity contribution in [2.24, 2.45) is 0 Å². The summed E-state index contributed by atoms with van der Waals surface area (Å²) in [7, 11) is 0. The highest BCUT2D eigenvalue weighted by atomic mass is 32.1. The van der Waals surface area contributed by atoms with Gasteiger partial charge in [-0.25, -0.2) is 0 Å². The molecule has 1 aromatic carbocycles. The second kappa shape index (κ2) is 5.51. The number of nitrogens with zero attached hydrogens (tertiary/aromatic N) is 2. The van der Waals surface area contributed by atoms with E-state index >= 15 is 0 Å². The summed E-state index contributed by atoms with van der Waals surface area (Å²) in [6, 6.07) is 8.33. The fourth-order valence-corrected chi connectivity index (χ4v) is 1.91. The lowest BCUT2D eigenvalue weighted by Crippen LogP contribution is -2.28. The highest BCUT2D eigenvalue weighted by molar-refractivity contribution is 7.03. The fraction of sp³-hybridized carbons (Fsp3) is 0.182. The molecule has 0 saturated carbocycles. The summed E-state index contributed by atoms with van der Waals surface area (Å²) in [4.78, 5) is 11.2. The molecule has 88 valence electrons. The number of aromatic nitrogens is 2. The van der Waals surface area contributed by atoms with E-state index in [9.17, 15) is 4.79 Å². The summed E-state index contributed by atoms with van der Waals surface area (Å²) in [6.07, 6.45) is 0. The van der Waals surface area contributed by atoms with E-state index in [4.69, 9.17) is 5.11 Å². The second-order valence-corrected chi connectivity index (χ2v) is 4.07. The van der Waals surface area contributed by atoms with Gasteiger partial charge in [-0.2, -0.15) is 0 Å². The first-order valence-corrected chi connectivity index (χ1v) is 5.88. The molecule has 6 heteroatoms. The third-order valence-corrected chi connectivity index (χ3v) is 2.83. The standard InChI is InChI=1S/C11H11N3O2S/c15-11(16)10(8-4-2-1-3-5-8)12-6-9-7-17-14-13-9/h1-5,7,10,12H,6H2,(H,15,16). The van der Waals surface area contributed by atoms with Gasteiger partial charge in [0.25, 0.3) is 0 Å². The van der Waals surface area contributed by atoms with Crippen molar-refractivity contribution in [2.45, 2.75) is 12.6 Å². The minimum Gasteiger partial charge on any atom is -0.480 e. The molecule has 0 aliphatic heterocycles. The van der Waals surface area contributed by atoms with Crippen LogP contribution in [0.5, 0.6) is 0 Å². The lowest BCUT2D eigenvalue weighted by molar-refractivity contribution is -0.139. The van der Waals surface area contributed by atoms with E-state index in [0.29, 0.717) is 6.54 Å². The van der Waals surface area contributed by atoms with Gasteiger partial charge in [0.05, 0.1) is 5.69 Å². The van der Waals surface area contributed by atoms with E-state index in [-0.39, 0.29) is 0 Å². The van der Waals surface area contributed by atoms with Gasteiger partial charge in [0.2, 0.25) is 0 Å². The first kappa shape index (κ1) is 11.7. The van der Waals surface area contributed by atoms with Crippen molar-refractivity contribution in [1.29, 1.82) is 0 Å². The molecular formula is C11H11N3O2S. The van der Waals surface area contributed by atoms with Crippen LogP contribution in [0.15, 0.2) is 35.7 Å². The number of nitrogens with one attached hydrogen (secondary N) is 1. The summed E-state index contributed by atoms with van der Waals surface area (Å²) in [5.74, 6) is -0.903. The van der Waals surface area contributed by atoms with Crippen LogP contribution in [-0.2, 0) is 11.3 Å². The first-order valence-electron chi connectivity index (χ1n) is 5.04. The monoisotopic (exact) mass is 249 g/mol. The van der Waals surface area contributed by atoms with Crippen LogP contribution in [0.25, 0.3) is 0 Å². The number of hydrogen-bond acceptors (Lipinski definition) is 5. The molecule has 0 aliphatic rings. The smallest absolute Gasteiger partial charge is 0.325 e. The van der Waals surface area contributed by atoms with Crippen LogP contribution in [-0.4, -0.2) is 20.7 Å². The molecule has 0 radical (unpaired) electrons. The Balaban J connectivity index is 2.06. The van der Waals surface area contributed by atoms with Gasteiger partial charge in [-0.05, 0) is 17.1 Å². The molecule has 0 bridgehead atoms. The number of carbonyl (C=O) groups is 1. The fourth-order valence-electron chi connectivity index (χ4n) is 1.46. The van der Waals surface area contributed by atoms with Crippen LogP contribution in [0.4, 0.5) is 0 Å². The highest BCUT2D eigenvalue weighted by Crippen LogP contribution is 2.13. The zero-order chi connectivity index (χ0) is 12.1. The Morgan fingerprint density at radius 2 is 2.18 bits per heavy atom. The Morgan fingerprint density at radius 3 is 2.76 bits per heavy atom. The van der Waals surface area contributed by atoms with Crippen LogP contribution in [0, 0.1) is 0 Å². The van der Waals surface area contributed by atoms with Crippen molar-refractivity contribution < 1.29 is 9.90 Å². The van der Waals surface area contributed by atoms with Crippen molar-refractivity contribution in [1.82, 2.24) is 14.9 Å². The first-order chi connectivity index (χ1) is 8.27. The maximum atomic E-state index is 11.2. The van der Waals surface area contributed by atoms with Crippen LogP contribution in [0.1, 0.15) is 17.3 Å². The number of hydrogen-bond donors (Lipinski definition) is 2. The quantitative estimate of drug-likeness (QED) is 0.839. The molecule has 0 saturated heterocycles. The average molecular weight is 249 g/mol. The number of benzene rings is 1. The molecule has 17 heavy (non-hydrogen) atoms. The summed E-state index contributed by atoms with van der Waals surface area (Å²) in [5.41, 5.74) is 1.47. The van der Waals surface area contributed by atoms with Gasteiger partial charge in [0.15, 0.2) is 0 Å². The van der Waals surface area contributed by atoms with E-state index in [1.54, 1.807) is 17.5 Å². The summed E-state index contributed by atoms with van der Waals surface area (Å²) >= 11 is 1.25. The van der Waals surface area contributed by atoms with Gasteiger partial charge >= 0.3 is 5.97 Å². The number of rotatable bonds is 5. The van der Waals surface area contributed by atoms with E-state index in [1.165, 1.54) is 11.5 Å². The molecule has 2 N–H and O–H groups in total. The summed E-state index contributed by atoms with van der Waals surface area (Å²) < 4.78 is 3.72. The van der Waals surface area contributed by atoms with Gasteiger partial charge in [0, 0.05) is 11.9 Å². The molecule has 0 fully saturated rings. The Morgan fingerprint density at radius 1 is 1.41 bits per heavy atom. The molecule has 2 rings (SSSR count). The highest BCUT2D eigenvalue weighted by Gasteiger charge is 2.18. The van der Waals surface area contributed by atoms with Crippen molar-refractivity contribution in [3.05, 3.63) is 47.0 Å². The Kier molecular flexibility index (Phi) is 3.79. The van der Waals surface area contributed by atoms with Gasteiger partial charge < -0.3 is 5.11 Å². The van der Waals surface area contributed by atoms with E-state index in [1.807, 2.05) is 18.2 Å². The van der Waals surface area contributed by atoms with Gasteiger partial charge in [-0.3, -0.25) is 10.1 Å². The van der Waals surface area contributed by atoms with Crippen LogP contribution >= 0.6 is 11.5 Å². The summed E-state index contributed by atoms with van der Waals surface area (Å²) in [5, 5.41) is 17.7. The lowest BCUT2D eigenvalue weighted by atomic mass is 10.1. The molecule has 1 aromatic heterocycles. The number of aliphatic carboxylic acids is 1. The van der Waals surface area contributed by atoms with Crippen molar-refractivity contribution in [3.8, 4) is 0 Å². The van der Waals surface area contributed by atoms with Crippen LogP contribution in [0.3, 0.4) is 0 Å². The molecule has 1 heterocycles. The van der Waals surface area contributed by atoms with Crippen molar-refractivity contribution in [3.63, 3.8) is 0 Å². The van der Waals surface area contributed by atoms with Gasteiger partial charge in [-0.15, -0.1) is 5.10 Å². The van der Waals surface area contributed by atoms with Crippen molar-refractivity contribution in [2.75, 3.05) is 0 Å². The molecule has 5 nitrogen and oxygen atoms in total. The minimum absolute atomic E-state index is 0.391. The molecule has 2 aromatic rings. The SMILES string of the molecule is O=C(O)C(NCc1csnn1)c1ccccc1. The Labute approximate surface area is 102 Å². The van der Waals surface area contributed by atoms with Gasteiger partial charge in [0.1, 0.15) is 6.04 Å². The third kappa shape index (κ3) is 3.08. The zero-order valence-corrected chi connectivity index (χ0v) is 9.72. The molecule has 1 unspecified atom stereocenters. The van der Waals surface area contributed by atoms with E-state index in [0.717, 1.165) is 11.3 Å². The molecule has 0 aliphatic carbocycles. The van der Waals surface area contributed by atoms with Crippen LogP contribution in [0.2, 0.25) is 0 Å². The Bertz CT molecular complexity index is 473. The normalized spacial score (nSPS) is 12.2.